The molecule has 25 heavy (non-hydrogen) atoms. The smallest absolute Gasteiger partial charge is 0.398 e. The lowest BCUT2D eigenvalue weighted by atomic mass is 9.80. The average molecular weight is 383 g/mol. The molecular formula is C21H38O2SSi. The minimum atomic E-state index is -2.25. The molecule has 0 aromatic heterocycles. The third-order valence-corrected chi connectivity index (χ3v) is 8.53. The van der Waals surface area contributed by atoms with E-state index < -0.39 is 8.56 Å². The first-order valence-corrected chi connectivity index (χ1v) is 12.4. The molecule has 0 aliphatic carbocycles. The van der Waals surface area contributed by atoms with Crippen molar-refractivity contribution >= 4 is 21.2 Å². The molecule has 2 nitrogen and oxygen atoms in total. The number of thiol groups is 1. The van der Waals surface area contributed by atoms with Crippen molar-refractivity contribution in [3.63, 3.8) is 0 Å². The van der Waals surface area contributed by atoms with Gasteiger partial charge < -0.3 is 8.85 Å². The highest BCUT2D eigenvalue weighted by Gasteiger charge is 2.38. The maximum absolute atomic E-state index is 6.70. The summed E-state index contributed by atoms with van der Waals surface area (Å²) in [4.78, 5) is 0. The van der Waals surface area contributed by atoms with Gasteiger partial charge in [0.15, 0.2) is 0 Å². The van der Waals surface area contributed by atoms with E-state index in [2.05, 4.69) is 86.2 Å². The molecule has 0 aliphatic heterocycles. The van der Waals surface area contributed by atoms with Gasteiger partial charge in [0.25, 0.3) is 0 Å². The molecule has 0 heterocycles. The molecule has 144 valence electrons. The lowest BCUT2D eigenvalue weighted by molar-refractivity contribution is 0.248. The zero-order valence-corrected chi connectivity index (χ0v) is 19.4. The number of hydrogen-bond donors (Lipinski definition) is 1. The van der Waals surface area contributed by atoms with E-state index in [4.69, 9.17) is 8.85 Å². The van der Waals surface area contributed by atoms with E-state index in [0.717, 1.165) is 30.0 Å². The standard InChI is InChI=1S/C21H38O2SSi/c1-9-22-25(10-2,15-11-14-24)23-19-13-12-17(20(3,4)5)16-18(19)21(6,7)8/h12-13,16,24H,9-11,14-15H2,1-8H3. The maximum atomic E-state index is 6.70. The minimum Gasteiger partial charge on any atom is -0.520 e. The first kappa shape index (κ1) is 22.6. The fourth-order valence-corrected chi connectivity index (χ4v) is 6.27. The molecule has 1 unspecified atom stereocenters. The van der Waals surface area contributed by atoms with Crippen LogP contribution in [0.4, 0.5) is 0 Å². The van der Waals surface area contributed by atoms with Crippen molar-refractivity contribution < 1.29 is 8.85 Å². The Hall–Kier alpha value is -0.453. The lowest BCUT2D eigenvalue weighted by Crippen LogP contribution is -2.45. The maximum Gasteiger partial charge on any atom is 0.398 e. The number of hydrogen-bond acceptors (Lipinski definition) is 3. The Labute approximate surface area is 162 Å². The zero-order valence-electron chi connectivity index (χ0n) is 17.5. The Bertz CT molecular complexity index is 546. The Kier molecular flexibility index (Phi) is 8.10. The highest BCUT2D eigenvalue weighted by Crippen LogP contribution is 2.37. The van der Waals surface area contributed by atoms with E-state index >= 15 is 0 Å². The third-order valence-electron chi connectivity index (χ3n) is 4.61. The largest absolute Gasteiger partial charge is 0.520 e. The van der Waals surface area contributed by atoms with Crippen LogP contribution in [0.3, 0.4) is 0 Å². The molecule has 0 fully saturated rings. The highest BCUT2D eigenvalue weighted by molar-refractivity contribution is 7.80. The average Bonchev–Trinajstić information content (AvgIpc) is 2.51. The summed E-state index contributed by atoms with van der Waals surface area (Å²) in [5.41, 5.74) is 2.78. The van der Waals surface area contributed by atoms with Crippen LogP contribution in [0.1, 0.15) is 72.9 Å². The normalized spacial score (nSPS) is 15.1. The monoisotopic (exact) mass is 382 g/mol. The van der Waals surface area contributed by atoms with Gasteiger partial charge in [-0.3, -0.25) is 0 Å². The van der Waals surface area contributed by atoms with Crippen molar-refractivity contribution in [1.82, 2.24) is 0 Å². The second-order valence-electron chi connectivity index (χ2n) is 8.84. The Morgan fingerprint density at radius 3 is 2.08 bits per heavy atom. The zero-order chi connectivity index (χ0) is 19.3. The van der Waals surface area contributed by atoms with Gasteiger partial charge in [-0.15, -0.1) is 0 Å². The van der Waals surface area contributed by atoms with Gasteiger partial charge in [-0.1, -0.05) is 60.6 Å². The Morgan fingerprint density at radius 1 is 1.00 bits per heavy atom. The minimum absolute atomic E-state index is 0.0280. The second kappa shape index (κ2) is 8.96. The fraction of sp³-hybridized carbons (Fsp3) is 0.714. The van der Waals surface area contributed by atoms with Crippen LogP contribution in [0.15, 0.2) is 18.2 Å². The van der Waals surface area contributed by atoms with Crippen molar-refractivity contribution in [2.45, 2.75) is 84.7 Å². The molecule has 1 rings (SSSR count). The van der Waals surface area contributed by atoms with E-state index in [1.165, 1.54) is 11.1 Å². The molecule has 4 heteroatoms. The predicted octanol–water partition coefficient (Wildman–Crippen LogP) is 6.48. The summed E-state index contributed by atoms with van der Waals surface area (Å²) in [5.74, 6) is 1.88. The van der Waals surface area contributed by atoms with E-state index in [9.17, 15) is 0 Å². The van der Waals surface area contributed by atoms with Crippen LogP contribution >= 0.6 is 12.6 Å². The van der Waals surface area contributed by atoms with Crippen LogP contribution in [-0.2, 0) is 15.3 Å². The van der Waals surface area contributed by atoms with Gasteiger partial charge in [-0.2, -0.15) is 12.6 Å². The van der Waals surface area contributed by atoms with Crippen molar-refractivity contribution in [3.05, 3.63) is 29.3 Å². The molecule has 1 aromatic carbocycles. The van der Waals surface area contributed by atoms with Gasteiger partial charge in [-0.05, 0) is 53.2 Å². The van der Waals surface area contributed by atoms with Crippen LogP contribution in [0.5, 0.6) is 5.75 Å². The van der Waals surface area contributed by atoms with Crippen LogP contribution in [0, 0.1) is 0 Å². The van der Waals surface area contributed by atoms with Crippen LogP contribution in [0.25, 0.3) is 0 Å². The molecular weight excluding hydrogens is 344 g/mol. The van der Waals surface area contributed by atoms with E-state index in [0.29, 0.717) is 6.61 Å². The highest BCUT2D eigenvalue weighted by atomic mass is 32.1. The summed E-state index contributed by atoms with van der Waals surface area (Å²) in [6.45, 7) is 18.5. The second-order valence-corrected chi connectivity index (χ2v) is 12.8. The molecule has 0 saturated heterocycles. The molecule has 1 aromatic rings. The van der Waals surface area contributed by atoms with Crippen molar-refractivity contribution in [3.8, 4) is 5.75 Å². The molecule has 0 radical (unpaired) electrons. The quantitative estimate of drug-likeness (QED) is 0.410. The summed E-state index contributed by atoms with van der Waals surface area (Å²) in [7, 11) is -2.25. The number of rotatable bonds is 8. The summed E-state index contributed by atoms with van der Waals surface area (Å²) in [6, 6.07) is 8.65. The molecule has 0 amide bonds. The van der Waals surface area contributed by atoms with Crippen LogP contribution in [-0.4, -0.2) is 20.9 Å². The molecule has 0 saturated carbocycles. The molecule has 1 atom stereocenters. The third kappa shape index (κ3) is 6.33. The first-order valence-electron chi connectivity index (χ1n) is 9.58. The Morgan fingerprint density at radius 2 is 1.64 bits per heavy atom. The summed E-state index contributed by atoms with van der Waals surface area (Å²) >= 11 is 4.39. The summed E-state index contributed by atoms with van der Waals surface area (Å²) in [6.07, 6.45) is 1.04. The fourth-order valence-electron chi connectivity index (χ4n) is 2.99. The van der Waals surface area contributed by atoms with Crippen molar-refractivity contribution in [2.75, 3.05) is 12.4 Å². The summed E-state index contributed by atoms with van der Waals surface area (Å²) < 4.78 is 12.9. The van der Waals surface area contributed by atoms with Gasteiger partial charge in [0.1, 0.15) is 5.75 Å². The van der Waals surface area contributed by atoms with Crippen LogP contribution < -0.4 is 4.43 Å². The van der Waals surface area contributed by atoms with E-state index in [1.54, 1.807) is 0 Å². The van der Waals surface area contributed by atoms with E-state index in [1.807, 2.05) is 0 Å². The van der Waals surface area contributed by atoms with Gasteiger partial charge in [0, 0.05) is 12.7 Å². The van der Waals surface area contributed by atoms with Gasteiger partial charge in [0.05, 0.1) is 0 Å². The van der Waals surface area contributed by atoms with Gasteiger partial charge in [-0.25, -0.2) is 0 Å². The number of benzene rings is 1. The van der Waals surface area contributed by atoms with Crippen molar-refractivity contribution in [2.24, 2.45) is 0 Å². The van der Waals surface area contributed by atoms with E-state index in [-0.39, 0.29) is 10.8 Å². The molecule has 0 bridgehead atoms. The SMILES string of the molecule is CCO[Si](CC)(CCCS)Oc1ccc(C(C)(C)C)cc1C(C)(C)C. The molecule has 0 aliphatic rings. The lowest BCUT2D eigenvalue weighted by Gasteiger charge is -2.34. The van der Waals surface area contributed by atoms with Crippen LogP contribution in [0.2, 0.25) is 12.1 Å². The predicted molar refractivity (Wildman–Crippen MR) is 116 cm³/mol. The molecule has 0 spiro atoms. The van der Waals surface area contributed by atoms with Gasteiger partial charge in [0.2, 0.25) is 0 Å². The topological polar surface area (TPSA) is 18.5 Å². The Balaban J connectivity index is 3.33. The molecule has 0 N–H and O–H groups in total. The van der Waals surface area contributed by atoms with Gasteiger partial charge >= 0.3 is 8.56 Å². The van der Waals surface area contributed by atoms with Crippen molar-refractivity contribution in [1.29, 1.82) is 0 Å². The first-order chi connectivity index (χ1) is 11.5. The summed E-state index contributed by atoms with van der Waals surface area (Å²) in [5, 5.41) is 0.